The molecule has 2 aromatic carbocycles. The van der Waals surface area contributed by atoms with Crippen LogP contribution in [0.25, 0.3) is 0 Å². The molecule has 0 saturated carbocycles. The summed E-state index contributed by atoms with van der Waals surface area (Å²) in [6, 6.07) is 16.5. The molecule has 3 aliphatic rings. The number of hydrogen-bond acceptors (Lipinski definition) is 5. The molecule has 0 spiro atoms. The van der Waals surface area contributed by atoms with Gasteiger partial charge in [-0.25, -0.2) is 0 Å². The number of rotatable bonds is 4. The standard InChI is InChI=1S/C26H32N2O4/c1-26(2)18-32-24(19-7-4-3-5-8-19)16-27(26)17-25(29)28-12-6-9-21(28)20-10-11-22-23(15-20)31-14-13-30-22/h3-5,7-8,10-11,15,21,24H,6,9,12-14,16-18H2,1-2H3. The molecule has 2 aromatic rings. The third kappa shape index (κ3) is 4.21. The largest absolute Gasteiger partial charge is 0.486 e. The lowest BCUT2D eigenvalue weighted by Gasteiger charge is -2.45. The summed E-state index contributed by atoms with van der Waals surface area (Å²) in [4.78, 5) is 17.8. The topological polar surface area (TPSA) is 51.2 Å². The Morgan fingerprint density at radius 3 is 2.62 bits per heavy atom. The van der Waals surface area contributed by atoms with E-state index in [0.29, 0.717) is 32.9 Å². The van der Waals surface area contributed by atoms with Crippen molar-refractivity contribution in [1.29, 1.82) is 0 Å². The van der Waals surface area contributed by atoms with Crippen molar-refractivity contribution in [3.8, 4) is 11.5 Å². The SMILES string of the molecule is CC1(C)COC(c2ccccc2)CN1CC(=O)N1CCCC1c1ccc2c(c1)OCCO2. The van der Waals surface area contributed by atoms with E-state index in [-0.39, 0.29) is 23.6 Å². The van der Waals surface area contributed by atoms with Crippen molar-refractivity contribution in [2.24, 2.45) is 0 Å². The Balaban J connectivity index is 1.30. The molecule has 0 aromatic heterocycles. The van der Waals surface area contributed by atoms with Gasteiger partial charge in [0.25, 0.3) is 0 Å². The van der Waals surface area contributed by atoms with Gasteiger partial charge in [-0.15, -0.1) is 0 Å². The van der Waals surface area contributed by atoms with Crippen LogP contribution in [0.2, 0.25) is 0 Å². The maximum Gasteiger partial charge on any atom is 0.237 e. The molecule has 3 aliphatic heterocycles. The number of benzene rings is 2. The van der Waals surface area contributed by atoms with Gasteiger partial charge in [0.05, 0.1) is 25.3 Å². The third-order valence-electron chi connectivity index (χ3n) is 6.90. The predicted octanol–water partition coefficient (Wildman–Crippen LogP) is 3.97. The van der Waals surface area contributed by atoms with Crippen molar-refractivity contribution in [3.63, 3.8) is 0 Å². The second-order valence-electron chi connectivity index (χ2n) is 9.55. The Bertz CT molecular complexity index is 962. The average molecular weight is 437 g/mol. The Labute approximate surface area is 190 Å². The molecule has 32 heavy (non-hydrogen) atoms. The molecule has 2 unspecified atom stereocenters. The highest BCUT2D eigenvalue weighted by Crippen LogP contribution is 2.38. The zero-order valence-electron chi connectivity index (χ0n) is 19.0. The van der Waals surface area contributed by atoms with Crippen LogP contribution < -0.4 is 9.47 Å². The van der Waals surface area contributed by atoms with E-state index in [4.69, 9.17) is 14.2 Å². The number of amides is 1. The van der Waals surface area contributed by atoms with Crippen LogP contribution in [0.1, 0.15) is 50.0 Å². The van der Waals surface area contributed by atoms with Gasteiger partial charge >= 0.3 is 0 Å². The fourth-order valence-corrected chi connectivity index (χ4v) is 4.98. The third-order valence-corrected chi connectivity index (χ3v) is 6.90. The van der Waals surface area contributed by atoms with Crippen LogP contribution in [0, 0.1) is 0 Å². The maximum absolute atomic E-state index is 13.5. The number of morpholine rings is 1. The molecule has 5 rings (SSSR count). The fraction of sp³-hybridized carbons (Fsp3) is 0.500. The monoisotopic (exact) mass is 436 g/mol. The van der Waals surface area contributed by atoms with Crippen LogP contribution in [-0.2, 0) is 9.53 Å². The normalized spacial score (nSPS) is 25.0. The highest BCUT2D eigenvalue weighted by atomic mass is 16.6. The second-order valence-corrected chi connectivity index (χ2v) is 9.55. The van der Waals surface area contributed by atoms with Crippen LogP contribution in [0.15, 0.2) is 48.5 Å². The van der Waals surface area contributed by atoms with Gasteiger partial charge in [0.2, 0.25) is 5.91 Å². The van der Waals surface area contributed by atoms with Crippen LogP contribution in [0.4, 0.5) is 0 Å². The first-order chi connectivity index (χ1) is 15.5. The van der Waals surface area contributed by atoms with Gasteiger partial charge in [0.1, 0.15) is 13.2 Å². The molecule has 1 amide bonds. The predicted molar refractivity (Wildman–Crippen MR) is 122 cm³/mol. The highest BCUT2D eigenvalue weighted by Gasteiger charge is 2.39. The van der Waals surface area contributed by atoms with E-state index in [1.165, 1.54) is 0 Å². The van der Waals surface area contributed by atoms with Crippen LogP contribution in [0.3, 0.4) is 0 Å². The Morgan fingerprint density at radius 2 is 1.81 bits per heavy atom. The first kappa shape index (κ1) is 21.3. The Kier molecular flexibility index (Phi) is 5.82. The van der Waals surface area contributed by atoms with Crippen molar-refractivity contribution in [3.05, 3.63) is 59.7 Å². The van der Waals surface area contributed by atoms with E-state index in [2.05, 4.69) is 47.9 Å². The summed E-state index contributed by atoms with van der Waals surface area (Å²) in [6.07, 6.45) is 1.98. The smallest absolute Gasteiger partial charge is 0.237 e. The lowest BCUT2D eigenvalue weighted by Crippen LogP contribution is -2.56. The molecule has 6 nitrogen and oxygen atoms in total. The van der Waals surface area contributed by atoms with Crippen LogP contribution in [-0.4, -0.2) is 60.7 Å². The quantitative estimate of drug-likeness (QED) is 0.726. The van der Waals surface area contributed by atoms with Crippen molar-refractivity contribution in [2.45, 2.75) is 44.4 Å². The molecule has 0 radical (unpaired) electrons. The molecule has 2 fully saturated rings. The second kappa shape index (κ2) is 8.75. The summed E-state index contributed by atoms with van der Waals surface area (Å²) in [5, 5.41) is 0. The molecule has 0 bridgehead atoms. The van der Waals surface area contributed by atoms with E-state index in [0.717, 1.165) is 42.0 Å². The van der Waals surface area contributed by atoms with Gasteiger partial charge in [0, 0.05) is 18.6 Å². The lowest BCUT2D eigenvalue weighted by atomic mass is 9.98. The maximum atomic E-state index is 13.5. The number of hydrogen-bond donors (Lipinski definition) is 0. The Morgan fingerprint density at radius 1 is 1.03 bits per heavy atom. The van der Waals surface area contributed by atoms with Gasteiger partial charge in [-0.1, -0.05) is 36.4 Å². The van der Waals surface area contributed by atoms with E-state index in [9.17, 15) is 4.79 Å². The van der Waals surface area contributed by atoms with Crippen molar-refractivity contribution in [2.75, 3.05) is 39.5 Å². The average Bonchev–Trinajstić information content (AvgIpc) is 3.31. The zero-order chi connectivity index (χ0) is 22.1. The number of fused-ring (bicyclic) bond motifs is 1. The van der Waals surface area contributed by atoms with Gasteiger partial charge in [-0.3, -0.25) is 9.69 Å². The lowest BCUT2D eigenvalue weighted by molar-refractivity contribution is -0.143. The summed E-state index contributed by atoms with van der Waals surface area (Å²) >= 11 is 0. The highest BCUT2D eigenvalue weighted by molar-refractivity contribution is 5.79. The molecule has 3 heterocycles. The number of carbonyl (C=O) groups is 1. The number of ether oxygens (including phenoxy) is 3. The summed E-state index contributed by atoms with van der Waals surface area (Å²) in [7, 11) is 0. The minimum absolute atomic E-state index is 0.0100. The zero-order valence-corrected chi connectivity index (χ0v) is 19.0. The summed E-state index contributed by atoms with van der Waals surface area (Å²) in [5.74, 6) is 1.76. The molecule has 0 N–H and O–H groups in total. The first-order valence-electron chi connectivity index (χ1n) is 11.6. The molecule has 2 saturated heterocycles. The summed E-state index contributed by atoms with van der Waals surface area (Å²) in [5.41, 5.74) is 2.10. The summed E-state index contributed by atoms with van der Waals surface area (Å²) < 4.78 is 17.6. The van der Waals surface area contributed by atoms with Crippen LogP contribution >= 0.6 is 0 Å². The molecule has 170 valence electrons. The van der Waals surface area contributed by atoms with Gasteiger partial charge < -0.3 is 19.1 Å². The van der Waals surface area contributed by atoms with Crippen molar-refractivity contribution >= 4 is 5.91 Å². The number of likely N-dealkylation sites (tertiary alicyclic amines) is 1. The Hall–Kier alpha value is -2.57. The van der Waals surface area contributed by atoms with Crippen molar-refractivity contribution in [1.82, 2.24) is 9.80 Å². The minimum atomic E-state index is -0.187. The minimum Gasteiger partial charge on any atom is -0.486 e. The number of nitrogens with zero attached hydrogens (tertiary/aromatic N) is 2. The summed E-state index contributed by atoms with van der Waals surface area (Å²) in [6.45, 7) is 7.98. The van der Waals surface area contributed by atoms with Crippen LogP contribution in [0.5, 0.6) is 11.5 Å². The van der Waals surface area contributed by atoms with E-state index in [1.807, 2.05) is 24.3 Å². The van der Waals surface area contributed by atoms with E-state index in [1.54, 1.807) is 0 Å². The molecule has 0 aliphatic carbocycles. The fourth-order valence-electron chi connectivity index (χ4n) is 4.98. The first-order valence-corrected chi connectivity index (χ1v) is 11.6. The molecule has 6 heteroatoms. The van der Waals surface area contributed by atoms with Gasteiger partial charge in [-0.2, -0.15) is 0 Å². The molecular weight excluding hydrogens is 404 g/mol. The molecular formula is C26H32N2O4. The van der Waals surface area contributed by atoms with E-state index >= 15 is 0 Å². The molecule has 2 atom stereocenters. The van der Waals surface area contributed by atoms with Gasteiger partial charge in [-0.05, 0) is 49.9 Å². The van der Waals surface area contributed by atoms with E-state index < -0.39 is 0 Å². The van der Waals surface area contributed by atoms with Crippen molar-refractivity contribution < 1.29 is 19.0 Å². The number of carbonyl (C=O) groups excluding carboxylic acids is 1. The van der Waals surface area contributed by atoms with Gasteiger partial charge in [0.15, 0.2) is 11.5 Å².